The SMILES string of the molecule is [F][Ni][F].[KH]. The predicted molar refractivity (Wildman–Crippen MR) is 9.37 cm³/mol. The quantitative estimate of drug-likeness (QED) is 0.418. The predicted octanol–water partition coefficient (Wildman–Crippen LogP) is 0.189. The maximum absolute atomic E-state index is 9.56. The molecule has 0 aliphatic heterocycles. The van der Waals surface area contributed by atoms with Crippen molar-refractivity contribution < 1.29 is 22.5 Å². The Balaban J connectivity index is 0. The van der Waals surface area contributed by atoms with Crippen LogP contribution in [0.15, 0.2) is 0 Å². The van der Waals surface area contributed by atoms with E-state index >= 15 is 0 Å². The van der Waals surface area contributed by atoms with Crippen LogP contribution in [0.2, 0.25) is 0 Å². The molecule has 0 heterocycles. The van der Waals surface area contributed by atoms with Crippen molar-refractivity contribution >= 4 is 51.4 Å². The van der Waals surface area contributed by atoms with Gasteiger partial charge in [0.05, 0.1) is 0 Å². The van der Waals surface area contributed by atoms with E-state index in [2.05, 4.69) is 0 Å². The average molecular weight is 137 g/mol. The molecule has 0 bridgehead atoms. The van der Waals surface area contributed by atoms with Gasteiger partial charge in [-0.3, -0.25) is 0 Å². The van der Waals surface area contributed by atoms with Crippen LogP contribution in [0.5, 0.6) is 0 Å². The number of hydrogen-bond donors (Lipinski definition) is 0. The van der Waals surface area contributed by atoms with Gasteiger partial charge >= 0.3 is 73.9 Å². The zero-order chi connectivity index (χ0) is 2.71. The molecule has 0 aliphatic carbocycles. The fourth-order valence-corrected chi connectivity index (χ4v) is 0. The molecular weight excluding hydrogens is 136 g/mol. The van der Waals surface area contributed by atoms with Crippen molar-refractivity contribution in [2.75, 3.05) is 0 Å². The molecule has 0 saturated heterocycles. The second kappa shape index (κ2) is 8.89. The zero-order valence-electron chi connectivity index (χ0n) is 1.07. The van der Waals surface area contributed by atoms with E-state index in [0.717, 1.165) is 0 Å². The zero-order valence-corrected chi connectivity index (χ0v) is 2.06. The maximum atomic E-state index is 9.56. The van der Waals surface area contributed by atoms with E-state index in [1.165, 1.54) is 0 Å². The summed E-state index contributed by atoms with van der Waals surface area (Å²) in [6.45, 7) is 0. The fourth-order valence-electron chi connectivity index (χ4n) is 0. The summed E-state index contributed by atoms with van der Waals surface area (Å²) in [4.78, 5) is 0. The Hall–Kier alpha value is 1.99. The topological polar surface area (TPSA) is 0 Å². The van der Waals surface area contributed by atoms with Crippen molar-refractivity contribution in [1.82, 2.24) is 0 Å². The van der Waals surface area contributed by atoms with Gasteiger partial charge < -0.3 is 0 Å². The molecule has 0 amide bonds. The van der Waals surface area contributed by atoms with Gasteiger partial charge in [-0.05, 0) is 0 Å². The van der Waals surface area contributed by atoms with Crippen molar-refractivity contribution in [2.45, 2.75) is 0 Å². The molecule has 0 aromatic carbocycles. The minimum atomic E-state index is -1.38. The summed E-state index contributed by atoms with van der Waals surface area (Å²) in [5.41, 5.74) is 0. The fraction of sp³-hybridized carbons (Fsp3) is 0. The van der Waals surface area contributed by atoms with E-state index in [1.807, 2.05) is 0 Å². The molecule has 0 saturated carbocycles. The monoisotopic (exact) mass is 136 g/mol. The second-order valence-corrected chi connectivity index (χ2v) is 0.186. The van der Waals surface area contributed by atoms with Gasteiger partial charge in [0, 0.05) is 0 Å². The Labute approximate surface area is 72.4 Å². The Bertz CT molecular complexity index is 6.00. The molecule has 0 N–H and O–H groups in total. The normalized spacial score (nSPS) is 5.50. The van der Waals surface area contributed by atoms with Crippen LogP contribution < -0.4 is 0 Å². The summed E-state index contributed by atoms with van der Waals surface area (Å²) in [7, 11) is 0. The van der Waals surface area contributed by atoms with Crippen LogP contribution in [-0.4, -0.2) is 51.4 Å². The van der Waals surface area contributed by atoms with Crippen molar-refractivity contribution in [3.8, 4) is 0 Å². The van der Waals surface area contributed by atoms with Crippen molar-refractivity contribution in [3.63, 3.8) is 0 Å². The molecule has 0 nitrogen and oxygen atoms in total. The molecule has 0 unspecified atom stereocenters. The van der Waals surface area contributed by atoms with Gasteiger partial charge in [0.25, 0.3) is 0 Å². The summed E-state index contributed by atoms with van der Waals surface area (Å²) in [5.74, 6) is 0. The number of hydrogen-bond acceptors (Lipinski definition) is 0. The van der Waals surface area contributed by atoms with Gasteiger partial charge in [0.2, 0.25) is 0 Å². The number of halogens is 2. The summed E-state index contributed by atoms with van der Waals surface area (Å²) < 4.78 is 19.1. The molecular formula is HF2KNi. The molecule has 0 aliphatic rings. The van der Waals surface area contributed by atoms with E-state index in [1.54, 1.807) is 0 Å². The Morgan fingerprint density at radius 3 is 1.25 bits per heavy atom. The standard InChI is InChI=1S/2FH.K.Ni.H/h2*1H;;;/q;;;+2;/p-2. The molecule has 0 fully saturated rings. The summed E-state index contributed by atoms with van der Waals surface area (Å²) in [5, 5.41) is 0. The summed E-state index contributed by atoms with van der Waals surface area (Å²) in [6.07, 6.45) is 0. The summed E-state index contributed by atoms with van der Waals surface area (Å²) >= 11 is -1.38. The first-order valence-corrected chi connectivity index (χ1v) is 0.986. The van der Waals surface area contributed by atoms with Crippen molar-refractivity contribution in [1.29, 1.82) is 0 Å². The van der Waals surface area contributed by atoms with Crippen molar-refractivity contribution in [3.05, 3.63) is 0 Å². The first-order chi connectivity index (χ1) is 1.41. The van der Waals surface area contributed by atoms with E-state index in [9.17, 15) is 7.21 Å². The van der Waals surface area contributed by atoms with Crippen LogP contribution in [0.25, 0.3) is 0 Å². The Morgan fingerprint density at radius 2 is 1.25 bits per heavy atom. The molecule has 26 valence electrons. The van der Waals surface area contributed by atoms with E-state index in [-0.39, 0.29) is 51.4 Å². The first-order valence-electron chi connectivity index (χ1n) is 0.239. The van der Waals surface area contributed by atoms with Crippen LogP contribution >= 0.6 is 0 Å². The van der Waals surface area contributed by atoms with Gasteiger partial charge in [-0.2, -0.15) is 0 Å². The van der Waals surface area contributed by atoms with E-state index < -0.39 is 15.3 Å². The average Bonchev–Trinajstić information content (AvgIpc) is 0.918. The second-order valence-electron chi connectivity index (χ2n) is 0.0452. The van der Waals surface area contributed by atoms with Crippen LogP contribution in [0.1, 0.15) is 0 Å². The van der Waals surface area contributed by atoms with Crippen LogP contribution in [0, 0.1) is 0 Å². The molecule has 0 aromatic rings. The third-order valence-electron chi connectivity index (χ3n) is 0. The van der Waals surface area contributed by atoms with Crippen LogP contribution in [0.4, 0.5) is 7.21 Å². The van der Waals surface area contributed by atoms with Gasteiger partial charge in [-0.25, -0.2) is 0 Å². The van der Waals surface area contributed by atoms with E-state index in [0.29, 0.717) is 0 Å². The molecule has 0 rings (SSSR count). The molecule has 4 heavy (non-hydrogen) atoms. The van der Waals surface area contributed by atoms with E-state index in [4.69, 9.17) is 0 Å². The Morgan fingerprint density at radius 1 is 1.25 bits per heavy atom. The Kier molecular flexibility index (Phi) is 20.8. The summed E-state index contributed by atoms with van der Waals surface area (Å²) in [6, 6.07) is 0. The van der Waals surface area contributed by atoms with Crippen molar-refractivity contribution in [2.24, 2.45) is 0 Å². The molecule has 0 aromatic heterocycles. The number of rotatable bonds is 0. The van der Waals surface area contributed by atoms with Gasteiger partial charge in [-0.1, -0.05) is 0 Å². The van der Waals surface area contributed by atoms with Gasteiger partial charge in [-0.15, -0.1) is 0 Å². The van der Waals surface area contributed by atoms with Gasteiger partial charge in [0.15, 0.2) is 0 Å². The molecule has 0 spiro atoms. The first kappa shape index (κ1) is 9.37. The van der Waals surface area contributed by atoms with Crippen LogP contribution in [0.3, 0.4) is 0 Å². The van der Waals surface area contributed by atoms with Crippen LogP contribution in [-0.2, 0) is 15.3 Å². The van der Waals surface area contributed by atoms with Gasteiger partial charge in [0.1, 0.15) is 0 Å². The minimum absolute atomic E-state index is 0. The molecule has 0 radical (unpaired) electrons. The molecule has 4 heteroatoms. The third kappa shape index (κ3) is 9.01. The third-order valence-corrected chi connectivity index (χ3v) is 0. The molecule has 0 atom stereocenters.